The average molecular weight is 197 g/mol. The number of aromatic nitrogens is 2. The number of nitrogens with two attached hydrogens (primary N) is 1. The maximum absolute atomic E-state index is 11.3. The number of nitrogens with zero attached hydrogens (tertiary/aromatic N) is 1. The van der Waals surface area contributed by atoms with Gasteiger partial charge in [0, 0.05) is 6.54 Å². The van der Waals surface area contributed by atoms with E-state index in [0.29, 0.717) is 18.1 Å². The molecule has 1 aromatic rings. The van der Waals surface area contributed by atoms with E-state index in [1.54, 1.807) is 0 Å². The second-order valence-electron chi connectivity index (χ2n) is 3.08. The third-order valence-corrected chi connectivity index (χ3v) is 2.02. The van der Waals surface area contributed by atoms with Gasteiger partial charge in [0.1, 0.15) is 5.69 Å². The molecular formula is C7H11N5O2. The molecule has 0 aromatic carbocycles. The molecule has 1 aliphatic heterocycles. The first-order valence-corrected chi connectivity index (χ1v) is 4.21. The molecule has 0 radical (unpaired) electrons. The highest BCUT2D eigenvalue weighted by Gasteiger charge is 2.20. The quantitative estimate of drug-likeness (QED) is 0.376. The number of nitrogen functional groups attached to an aromatic ring is 1. The Kier molecular flexibility index (Phi) is 2.01. The van der Waals surface area contributed by atoms with Gasteiger partial charge in [-0.25, -0.2) is 0 Å². The van der Waals surface area contributed by atoms with Crippen molar-refractivity contribution in [1.82, 2.24) is 9.97 Å². The summed E-state index contributed by atoms with van der Waals surface area (Å²) in [4.78, 5) is 17.6. The maximum Gasteiger partial charge on any atom is 0.277 e. The van der Waals surface area contributed by atoms with Gasteiger partial charge in [-0.2, -0.15) is 4.98 Å². The standard InChI is InChI=1S/C7H11N5O2/c8-7-11-5-4(6(14)12-7)9-1-3(2-13)10-5/h3,9,13H,1-2H2,(H4,8,10,11,12,14). The van der Waals surface area contributed by atoms with E-state index in [9.17, 15) is 4.79 Å². The van der Waals surface area contributed by atoms with Crippen molar-refractivity contribution in [3.05, 3.63) is 10.4 Å². The van der Waals surface area contributed by atoms with Crippen LogP contribution in [0.1, 0.15) is 0 Å². The Morgan fingerprint density at radius 3 is 3.14 bits per heavy atom. The first-order chi connectivity index (χ1) is 6.70. The SMILES string of the molecule is Nc1nc2c(c(=O)[nH]1)NCC(CO)N2. The summed E-state index contributed by atoms with van der Waals surface area (Å²) in [6, 6.07) is -0.142. The first kappa shape index (κ1) is 8.82. The summed E-state index contributed by atoms with van der Waals surface area (Å²) in [7, 11) is 0. The number of aliphatic hydroxyl groups is 1. The second-order valence-corrected chi connectivity index (χ2v) is 3.08. The van der Waals surface area contributed by atoms with Gasteiger partial charge in [-0.3, -0.25) is 9.78 Å². The number of fused-ring (bicyclic) bond motifs is 1. The van der Waals surface area contributed by atoms with Crippen molar-refractivity contribution in [2.24, 2.45) is 0 Å². The number of H-pyrrole nitrogens is 1. The van der Waals surface area contributed by atoms with Crippen molar-refractivity contribution in [3.8, 4) is 0 Å². The Labute approximate surface area is 79.4 Å². The summed E-state index contributed by atoms with van der Waals surface area (Å²) in [5.41, 5.74) is 5.43. The van der Waals surface area contributed by atoms with Crippen LogP contribution in [0.25, 0.3) is 0 Å². The highest BCUT2D eigenvalue weighted by Crippen LogP contribution is 2.19. The van der Waals surface area contributed by atoms with Crippen molar-refractivity contribution in [2.45, 2.75) is 6.04 Å². The van der Waals surface area contributed by atoms with Gasteiger partial charge in [-0.15, -0.1) is 0 Å². The fraction of sp³-hybridized carbons (Fsp3) is 0.429. The largest absolute Gasteiger partial charge is 0.394 e. The molecule has 14 heavy (non-hydrogen) atoms. The summed E-state index contributed by atoms with van der Waals surface area (Å²) in [5.74, 6) is 0.443. The van der Waals surface area contributed by atoms with Gasteiger partial charge < -0.3 is 21.5 Å². The third kappa shape index (κ3) is 1.37. The summed E-state index contributed by atoms with van der Waals surface area (Å²) in [5, 5.41) is 14.7. The van der Waals surface area contributed by atoms with Gasteiger partial charge in [0.05, 0.1) is 12.6 Å². The molecule has 2 heterocycles. The van der Waals surface area contributed by atoms with E-state index in [1.807, 2.05) is 0 Å². The molecule has 6 N–H and O–H groups in total. The van der Waals surface area contributed by atoms with Crippen molar-refractivity contribution in [1.29, 1.82) is 0 Å². The van der Waals surface area contributed by atoms with E-state index >= 15 is 0 Å². The molecule has 0 aliphatic carbocycles. The molecule has 1 atom stereocenters. The molecule has 7 nitrogen and oxygen atoms in total. The Hall–Kier alpha value is -1.76. The monoisotopic (exact) mass is 197 g/mol. The van der Waals surface area contributed by atoms with Crippen LogP contribution in [0.3, 0.4) is 0 Å². The van der Waals surface area contributed by atoms with Gasteiger partial charge >= 0.3 is 0 Å². The minimum absolute atomic E-state index is 0.0270. The van der Waals surface area contributed by atoms with E-state index in [4.69, 9.17) is 10.8 Å². The number of aromatic amines is 1. The molecule has 0 fully saturated rings. The lowest BCUT2D eigenvalue weighted by atomic mass is 10.2. The zero-order chi connectivity index (χ0) is 10.1. The molecular weight excluding hydrogens is 186 g/mol. The Morgan fingerprint density at radius 2 is 2.43 bits per heavy atom. The van der Waals surface area contributed by atoms with Crippen LogP contribution in [0, 0.1) is 0 Å². The van der Waals surface area contributed by atoms with E-state index < -0.39 is 0 Å². The van der Waals surface area contributed by atoms with Crippen LogP contribution >= 0.6 is 0 Å². The summed E-state index contributed by atoms with van der Waals surface area (Å²) >= 11 is 0. The van der Waals surface area contributed by atoms with Crippen LogP contribution < -0.4 is 21.9 Å². The molecule has 76 valence electrons. The highest BCUT2D eigenvalue weighted by molar-refractivity contribution is 5.67. The molecule has 0 saturated heterocycles. The first-order valence-electron chi connectivity index (χ1n) is 4.21. The fourth-order valence-corrected chi connectivity index (χ4v) is 1.34. The number of aliphatic hydroxyl groups excluding tert-OH is 1. The molecule has 2 rings (SSSR count). The minimum Gasteiger partial charge on any atom is -0.394 e. The zero-order valence-electron chi connectivity index (χ0n) is 7.37. The van der Waals surface area contributed by atoms with Crippen LogP contribution in [-0.4, -0.2) is 34.3 Å². The van der Waals surface area contributed by atoms with E-state index in [0.717, 1.165) is 0 Å². The van der Waals surface area contributed by atoms with Crippen LogP contribution in [0.15, 0.2) is 4.79 Å². The molecule has 1 unspecified atom stereocenters. The predicted octanol–water partition coefficient (Wildman–Crippen LogP) is -1.45. The van der Waals surface area contributed by atoms with Crippen LogP contribution in [-0.2, 0) is 0 Å². The number of rotatable bonds is 1. The van der Waals surface area contributed by atoms with Crippen molar-refractivity contribution >= 4 is 17.5 Å². The van der Waals surface area contributed by atoms with Gasteiger partial charge in [0.15, 0.2) is 5.82 Å². The maximum atomic E-state index is 11.3. The van der Waals surface area contributed by atoms with E-state index in [2.05, 4.69) is 20.6 Å². The smallest absolute Gasteiger partial charge is 0.277 e. The predicted molar refractivity (Wildman–Crippen MR) is 52.3 cm³/mol. The summed E-state index contributed by atoms with van der Waals surface area (Å²) in [6.07, 6.45) is 0. The summed E-state index contributed by atoms with van der Waals surface area (Å²) < 4.78 is 0. The lowest BCUT2D eigenvalue weighted by molar-refractivity contribution is 0.277. The van der Waals surface area contributed by atoms with Gasteiger partial charge in [-0.1, -0.05) is 0 Å². The number of anilines is 3. The molecule has 1 aromatic heterocycles. The zero-order valence-corrected chi connectivity index (χ0v) is 7.37. The molecule has 0 bridgehead atoms. The van der Waals surface area contributed by atoms with Crippen molar-refractivity contribution in [3.63, 3.8) is 0 Å². The fourth-order valence-electron chi connectivity index (χ4n) is 1.34. The van der Waals surface area contributed by atoms with Crippen LogP contribution in [0.5, 0.6) is 0 Å². The Balaban J connectivity index is 2.42. The molecule has 7 heteroatoms. The average Bonchev–Trinajstić information content (AvgIpc) is 2.16. The van der Waals surface area contributed by atoms with E-state index in [-0.39, 0.29) is 24.2 Å². The van der Waals surface area contributed by atoms with Crippen LogP contribution in [0.2, 0.25) is 0 Å². The molecule has 0 amide bonds. The normalized spacial score (nSPS) is 19.4. The Morgan fingerprint density at radius 1 is 1.64 bits per heavy atom. The highest BCUT2D eigenvalue weighted by atomic mass is 16.3. The topological polar surface area (TPSA) is 116 Å². The lowest BCUT2D eigenvalue weighted by Crippen LogP contribution is -2.39. The van der Waals surface area contributed by atoms with E-state index in [1.165, 1.54) is 0 Å². The second kappa shape index (κ2) is 3.18. The van der Waals surface area contributed by atoms with Gasteiger partial charge in [0.2, 0.25) is 5.95 Å². The number of nitrogens with one attached hydrogen (secondary N) is 3. The van der Waals surface area contributed by atoms with Crippen molar-refractivity contribution < 1.29 is 5.11 Å². The minimum atomic E-state index is -0.309. The van der Waals surface area contributed by atoms with Gasteiger partial charge in [-0.05, 0) is 0 Å². The number of hydrogen-bond acceptors (Lipinski definition) is 6. The lowest BCUT2D eigenvalue weighted by Gasteiger charge is -2.25. The molecule has 0 saturated carbocycles. The Bertz CT molecular complexity index is 402. The van der Waals surface area contributed by atoms with Crippen LogP contribution in [0.4, 0.5) is 17.5 Å². The molecule has 1 aliphatic rings. The third-order valence-electron chi connectivity index (χ3n) is 2.02. The summed E-state index contributed by atoms with van der Waals surface area (Å²) in [6.45, 7) is 0.457. The van der Waals surface area contributed by atoms with Crippen molar-refractivity contribution in [2.75, 3.05) is 29.5 Å². The van der Waals surface area contributed by atoms with Gasteiger partial charge in [0.25, 0.3) is 5.56 Å². The number of hydrogen-bond donors (Lipinski definition) is 5. The molecule has 0 spiro atoms.